The second-order valence-electron chi connectivity index (χ2n) is 3.83. The second kappa shape index (κ2) is 4.43. The van der Waals surface area contributed by atoms with E-state index in [4.69, 9.17) is 5.73 Å². The molecule has 13 heavy (non-hydrogen) atoms. The van der Waals surface area contributed by atoms with E-state index in [0.29, 0.717) is 0 Å². The van der Waals surface area contributed by atoms with Gasteiger partial charge in [-0.15, -0.1) is 0 Å². The third-order valence-electron chi connectivity index (χ3n) is 2.45. The smallest absolute Gasteiger partial charge is 0.0381 e. The standard InChI is InChI=1S/C12H19N/c1-3-4-7-10-12(2,13)11-8-5-6-9-11/h4-8H,3,9-10,13H2,1-2H3/b7-4-. The Hall–Kier alpha value is -0.820. The minimum absolute atomic E-state index is 0.158. The van der Waals surface area contributed by atoms with Crippen molar-refractivity contribution in [2.45, 2.75) is 38.6 Å². The van der Waals surface area contributed by atoms with Crippen molar-refractivity contribution in [2.24, 2.45) is 5.73 Å². The lowest BCUT2D eigenvalue weighted by Gasteiger charge is -2.24. The van der Waals surface area contributed by atoms with Gasteiger partial charge in [0.2, 0.25) is 0 Å². The van der Waals surface area contributed by atoms with Gasteiger partial charge in [-0.25, -0.2) is 0 Å². The highest BCUT2D eigenvalue weighted by atomic mass is 14.7. The van der Waals surface area contributed by atoms with Crippen molar-refractivity contribution in [1.29, 1.82) is 0 Å². The van der Waals surface area contributed by atoms with Gasteiger partial charge in [-0.05, 0) is 31.8 Å². The fourth-order valence-electron chi connectivity index (χ4n) is 1.50. The van der Waals surface area contributed by atoms with E-state index < -0.39 is 0 Å². The first-order chi connectivity index (χ1) is 6.17. The van der Waals surface area contributed by atoms with Gasteiger partial charge in [0, 0.05) is 5.54 Å². The largest absolute Gasteiger partial charge is 0.322 e. The van der Waals surface area contributed by atoms with Crippen LogP contribution in [0.25, 0.3) is 0 Å². The summed E-state index contributed by atoms with van der Waals surface area (Å²) < 4.78 is 0. The minimum Gasteiger partial charge on any atom is -0.322 e. The van der Waals surface area contributed by atoms with Gasteiger partial charge in [-0.1, -0.05) is 37.3 Å². The maximum absolute atomic E-state index is 6.20. The van der Waals surface area contributed by atoms with Crippen molar-refractivity contribution in [3.63, 3.8) is 0 Å². The zero-order valence-electron chi connectivity index (χ0n) is 8.59. The number of allylic oxidation sites excluding steroid dienone is 4. The summed E-state index contributed by atoms with van der Waals surface area (Å²) in [4.78, 5) is 0. The first-order valence-corrected chi connectivity index (χ1v) is 4.97. The van der Waals surface area contributed by atoms with Crippen molar-refractivity contribution in [3.8, 4) is 0 Å². The summed E-state index contributed by atoms with van der Waals surface area (Å²) in [5.74, 6) is 0. The molecule has 1 aliphatic carbocycles. The van der Waals surface area contributed by atoms with Crippen LogP contribution in [0.3, 0.4) is 0 Å². The predicted octanol–water partition coefficient (Wildman–Crippen LogP) is 2.95. The molecule has 1 aliphatic rings. The monoisotopic (exact) mass is 177 g/mol. The van der Waals surface area contributed by atoms with E-state index in [0.717, 1.165) is 19.3 Å². The highest BCUT2D eigenvalue weighted by molar-refractivity contribution is 5.31. The molecule has 1 atom stereocenters. The Morgan fingerprint density at radius 3 is 2.85 bits per heavy atom. The summed E-state index contributed by atoms with van der Waals surface area (Å²) in [6.45, 7) is 4.24. The van der Waals surface area contributed by atoms with E-state index in [-0.39, 0.29) is 5.54 Å². The molecule has 0 amide bonds. The molecule has 1 rings (SSSR count). The van der Waals surface area contributed by atoms with Crippen LogP contribution >= 0.6 is 0 Å². The van der Waals surface area contributed by atoms with Gasteiger partial charge in [-0.2, -0.15) is 0 Å². The number of nitrogens with two attached hydrogens (primary N) is 1. The van der Waals surface area contributed by atoms with Crippen molar-refractivity contribution in [2.75, 3.05) is 0 Å². The van der Waals surface area contributed by atoms with Crippen molar-refractivity contribution in [3.05, 3.63) is 36.0 Å². The lowest BCUT2D eigenvalue weighted by atomic mass is 9.88. The summed E-state index contributed by atoms with van der Waals surface area (Å²) in [5.41, 5.74) is 7.39. The number of rotatable bonds is 4. The first kappa shape index (κ1) is 10.3. The van der Waals surface area contributed by atoms with Gasteiger partial charge in [0.15, 0.2) is 0 Å². The van der Waals surface area contributed by atoms with Crippen LogP contribution in [0.1, 0.15) is 33.1 Å². The Kier molecular flexibility index (Phi) is 3.49. The van der Waals surface area contributed by atoms with Crippen LogP contribution in [-0.4, -0.2) is 5.54 Å². The highest BCUT2D eigenvalue weighted by Gasteiger charge is 2.22. The number of hydrogen-bond acceptors (Lipinski definition) is 1. The Labute approximate surface area is 81.0 Å². The molecule has 0 radical (unpaired) electrons. The Balaban J connectivity index is 2.50. The third kappa shape index (κ3) is 2.85. The topological polar surface area (TPSA) is 26.0 Å². The molecule has 0 aromatic heterocycles. The number of hydrogen-bond donors (Lipinski definition) is 1. The van der Waals surface area contributed by atoms with Crippen LogP contribution in [-0.2, 0) is 0 Å². The van der Waals surface area contributed by atoms with Crippen molar-refractivity contribution >= 4 is 0 Å². The average molecular weight is 177 g/mol. The van der Waals surface area contributed by atoms with E-state index in [2.05, 4.69) is 44.2 Å². The Bertz CT molecular complexity index is 244. The summed E-state index contributed by atoms with van der Waals surface area (Å²) in [6, 6.07) is 0. The molecular formula is C12H19N. The quantitative estimate of drug-likeness (QED) is 0.656. The lowest BCUT2D eigenvalue weighted by molar-refractivity contribution is 0.549. The molecule has 1 heteroatoms. The zero-order chi connectivity index (χ0) is 9.73. The van der Waals surface area contributed by atoms with E-state index in [1.54, 1.807) is 0 Å². The zero-order valence-corrected chi connectivity index (χ0v) is 8.59. The molecule has 0 bridgehead atoms. The molecule has 0 aromatic carbocycles. The van der Waals surface area contributed by atoms with Gasteiger partial charge in [0.25, 0.3) is 0 Å². The van der Waals surface area contributed by atoms with Crippen LogP contribution < -0.4 is 5.73 Å². The maximum atomic E-state index is 6.20. The summed E-state index contributed by atoms with van der Waals surface area (Å²) in [7, 11) is 0. The van der Waals surface area contributed by atoms with E-state index in [1.165, 1.54) is 5.57 Å². The molecule has 1 nitrogen and oxygen atoms in total. The SMILES string of the molecule is CC/C=C\CC(C)(N)C1=CC=CC1. The van der Waals surface area contributed by atoms with Gasteiger partial charge >= 0.3 is 0 Å². The van der Waals surface area contributed by atoms with Crippen molar-refractivity contribution in [1.82, 2.24) is 0 Å². The summed E-state index contributed by atoms with van der Waals surface area (Å²) in [5, 5.41) is 0. The van der Waals surface area contributed by atoms with Gasteiger partial charge in [-0.3, -0.25) is 0 Å². The molecule has 0 aliphatic heterocycles. The maximum Gasteiger partial charge on any atom is 0.0381 e. The molecule has 0 saturated carbocycles. The molecule has 0 spiro atoms. The van der Waals surface area contributed by atoms with Crippen LogP contribution in [0, 0.1) is 0 Å². The average Bonchev–Trinajstić information content (AvgIpc) is 2.56. The van der Waals surface area contributed by atoms with E-state index in [1.807, 2.05) is 0 Å². The molecule has 0 heterocycles. The van der Waals surface area contributed by atoms with Crippen LogP contribution in [0.2, 0.25) is 0 Å². The molecule has 1 unspecified atom stereocenters. The lowest BCUT2D eigenvalue weighted by Crippen LogP contribution is -2.37. The fraction of sp³-hybridized carbons (Fsp3) is 0.500. The summed E-state index contributed by atoms with van der Waals surface area (Å²) >= 11 is 0. The normalized spacial score (nSPS) is 20.7. The van der Waals surface area contributed by atoms with Crippen molar-refractivity contribution < 1.29 is 0 Å². The van der Waals surface area contributed by atoms with Gasteiger partial charge in [0.1, 0.15) is 0 Å². The Morgan fingerprint density at radius 1 is 1.54 bits per heavy atom. The van der Waals surface area contributed by atoms with Crippen LogP contribution in [0.5, 0.6) is 0 Å². The Morgan fingerprint density at radius 2 is 2.31 bits per heavy atom. The fourth-order valence-corrected chi connectivity index (χ4v) is 1.50. The molecular weight excluding hydrogens is 158 g/mol. The molecule has 2 N–H and O–H groups in total. The molecule has 72 valence electrons. The molecule has 0 saturated heterocycles. The minimum atomic E-state index is -0.158. The van der Waals surface area contributed by atoms with Crippen LogP contribution in [0.4, 0.5) is 0 Å². The van der Waals surface area contributed by atoms with E-state index in [9.17, 15) is 0 Å². The third-order valence-corrected chi connectivity index (χ3v) is 2.45. The van der Waals surface area contributed by atoms with Gasteiger partial charge < -0.3 is 5.73 Å². The van der Waals surface area contributed by atoms with E-state index >= 15 is 0 Å². The second-order valence-corrected chi connectivity index (χ2v) is 3.83. The molecule has 0 fully saturated rings. The highest BCUT2D eigenvalue weighted by Crippen LogP contribution is 2.25. The summed E-state index contributed by atoms with van der Waals surface area (Å²) in [6.07, 6.45) is 13.8. The van der Waals surface area contributed by atoms with Gasteiger partial charge in [0.05, 0.1) is 0 Å². The molecule has 0 aromatic rings. The van der Waals surface area contributed by atoms with Crippen LogP contribution in [0.15, 0.2) is 36.0 Å². The first-order valence-electron chi connectivity index (χ1n) is 4.97. The predicted molar refractivity (Wildman–Crippen MR) is 58.5 cm³/mol.